The Morgan fingerprint density at radius 1 is 1.18 bits per heavy atom. The maximum Gasteiger partial charge on any atom is 0.245 e. The summed E-state index contributed by atoms with van der Waals surface area (Å²) in [6.07, 6.45) is 0. The molecule has 0 radical (unpaired) electrons. The van der Waals surface area contributed by atoms with Gasteiger partial charge in [-0.1, -0.05) is 17.3 Å². The second-order valence-corrected chi connectivity index (χ2v) is 3.19. The van der Waals surface area contributed by atoms with Gasteiger partial charge in [-0.2, -0.15) is 10.5 Å². The molecule has 2 aromatic rings. The second-order valence-electron chi connectivity index (χ2n) is 3.19. The van der Waals surface area contributed by atoms with Crippen LogP contribution in [-0.2, 0) is 0 Å². The van der Waals surface area contributed by atoms with Crippen molar-refractivity contribution in [3.8, 4) is 29.0 Å². The van der Waals surface area contributed by atoms with Gasteiger partial charge in [0.2, 0.25) is 5.76 Å². The van der Waals surface area contributed by atoms with Crippen LogP contribution in [0.4, 0.5) is 0 Å². The molecule has 0 saturated carbocycles. The molecule has 82 valence electrons. The van der Waals surface area contributed by atoms with Gasteiger partial charge in [-0.05, 0) is 17.7 Å². The Hall–Kier alpha value is -2.79. The van der Waals surface area contributed by atoms with Crippen molar-refractivity contribution < 1.29 is 9.26 Å². The molecule has 5 heteroatoms. The van der Waals surface area contributed by atoms with Crippen molar-refractivity contribution in [2.24, 2.45) is 0 Å². The predicted molar refractivity (Wildman–Crippen MR) is 57.9 cm³/mol. The number of benzene rings is 1. The largest absolute Gasteiger partial charge is 0.497 e. The van der Waals surface area contributed by atoms with Crippen molar-refractivity contribution in [2.75, 3.05) is 7.11 Å². The third kappa shape index (κ3) is 1.82. The van der Waals surface area contributed by atoms with Crippen LogP contribution in [0.25, 0.3) is 11.1 Å². The minimum atomic E-state index is 0.0340. The van der Waals surface area contributed by atoms with Crippen LogP contribution in [0.1, 0.15) is 11.5 Å². The topological polar surface area (TPSA) is 82.8 Å². The number of ether oxygens (including phenoxy) is 1. The highest BCUT2D eigenvalue weighted by molar-refractivity contribution is 5.73. The Morgan fingerprint density at radius 3 is 2.41 bits per heavy atom. The fourth-order valence-electron chi connectivity index (χ4n) is 1.47. The summed E-state index contributed by atoms with van der Waals surface area (Å²) >= 11 is 0. The molecule has 0 N–H and O–H groups in total. The summed E-state index contributed by atoms with van der Waals surface area (Å²) in [5.74, 6) is 0.730. The van der Waals surface area contributed by atoms with Gasteiger partial charge in [0.05, 0.1) is 12.7 Å². The molecular formula is C12H7N3O2. The number of nitrogens with zero attached hydrogens (tertiary/aromatic N) is 3. The molecule has 0 amide bonds. The Morgan fingerprint density at radius 2 is 1.88 bits per heavy atom. The Bertz CT molecular complexity index is 583. The molecule has 5 nitrogen and oxygen atoms in total. The summed E-state index contributed by atoms with van der Waals surface area (Å²) < 4.78 is 9.81. The highest BCUT2D eigenvalue weighted by atomic mass is 16.5. The molecule has 1 heterocycles. The Balaban J connectivity index is 2.56. The number of rotatable bonds is 2. The van der Waals surface area contributed by atoms with E-state index in [0.29, 0.717) is 16.9 Å². The molecule has 1 aromatic carbocycles. The third-order valence-electron chi connectivity index (χ3n) is 2.28. The molecule has 0 aliphatic heterocycles. The zero-order chi connectivity index (χ0) is 12.3. The van der Waals surface area contributed by atoms with Gasteiger partial charge in [0.25, 0.3) is 0 Å². The van der Waals surface area contributed by atoms with Crippen LogP contribution in [0.15, 0.2) is 28.8 Å². The lowest BCUT2D eigenvalue weighted by Crippen LogP contribution is -1.85. The van der Waals surface area contributed by atoms with Gasteiger partial charge in [0.1, 0.15) is 17.9 Å². The number of nitriles is 2. The van der Waals surface area contributed by atoms with Crippen molar-refractivity contribution >= 4 is 0 Å². The van der Waals surface area contributed by atoms with Gasteiger partial charge in [-0.15, -0.1) is 0 Å². The average molecular weight is 225 g/mol. The summed E-state index contributed by atoms with van der Waals surface area (Å²) in [4.78, 5) is 0. The lowest BCUT2D eigenvalue weighted by Gasteiger charge is -2.01. The first-order valence-corrected chi connectivity index (χ1v) is 4.74. The van der Waals surface area contributed by atoms with E-state index in [9.17, 15) is 0 Å². The molecule has 0 bridgehead atoms. The molecule has 0 aliphatic rings. The van der Waals surface area contributed by atoms with Gasteiger partial charge in [-0.25, -0.2) is 0 Å². The quantitative estimate of drug-likeness (QED) is 0.781. The number of methoxy groups -OCH3 is 1. The van der Waals surface area contributed by atoms with Crippen molar-refractivity contribution in [1.29, 1.82) is 10.5 Å². The minimum absolute atomic E-state index is 0.0340. The molecule has 0 unspecified atom stereocenters. The van der Waals surface area contributed by atoms with E-state index in [1.807, 2.05) is 12.1 Å². The van der Waals surface area contributed by atoms with Crippen molar-refractivity contribution in [3.05, 3.63) is 35.7 Å². The zero-order valence-corrected chi connectivity index (χ0v) is 8.97. The van der Waals surface area contributed by atoms with Crippen molar-refractivity contribution in [1.82, 2.24) is 5.16 Å². The molecule has 0 spiro atoms. The van der Waals surface area contributed by atoms with E-state index in [-0.39, 0.29) is 11.5 Å². The first-order valence-electron chi connectivity index (χ1n) is 4.74. The van der Waals surface area contributed by atoms with E-state index >= 15 is 0 Å². The maximum absolute atomic E-state index is 8.88. The SMILES string of the molecule is COc1ccc(-c2c(C#N)noc2C#N)cc1. The Labute approximate surface area is 97.4 Å². The van der Waals surface area contributed by atoms with Crippen LogP contribution < -0.4 is 4.74 Å². The van der Waals surface area contributed by atoms with E-state index in [1.54, 1.807) is 31.4 Å². The molecule has 1 aromatic heterocycles. The summed E-state index contributed by atoms with van der Waals surface area (Å²) in [6.45, 7) is 0. The van der Waals surface area contributed by atoms with E-state index in [4.69, 9.17) is 19.8 Å². The predicted octanol–water partition coefficient (Wildman–Crippen LogP) is 2.09. The Kier molecular flexibility index (Phi) is 2.76. The van der Waals surface area contributed by atoms with Crippen LogP contribution in [0.3, 0.4) is 0 Å². The maximum atomic E-state index is 8.88. The molecule has 0 atom stereocenters. The highest BCUT2D eigenvalue weighted by Crippen LogP contribution is 2.28. The monoisotopic (exact) mass is 225 g/mol. The van der Waals surface area contributed by atoms with Gasteiger partial charge in [0, 0.05) is 0 Å². The van der Waals surface area contributed by atoms with Gasteiger partial charge in [-0.3, -0.25) is 0 Å². The normalized spacial score (nSPS) is 9.35. The molecule has 0 aliphatic carbocycles. The van der Waals surface area contributed by atoms with Gasteiger partial charge < -0.3 is 9.26 Å². The van der Waals surface area contributed by atoms with E-state index in [1.165, 1.54) is 0 Å². The van der Waals surface area contributed by atoms with Gasteiger partial charge in [0.15, 0.2) is 5.69 Å². The van der Waals surface area contributed by atoms with Crippen LogP contribution >= 0.6 is 0 Å². The molecular weight excluding hydrogens is 218 g/mol. The summed E-state index contributed by atoms with van der Waals surface area (Å²) in [5.41, 5.74) is 1.21. The zero-order valence-electron chi connectivity index (χ0n) is 8.97. The standard InChI is InChI=1S/C12H7N3O2/c1-16-9-4-2-8(3-5-9)12-10(6-13)15-17-11(12)7-14/h2-5H,1H3. The van der Waals surface area contributed by atoms with Crippen molar-refractivity contribution in [2.45, 2.75) is 0 Å². The molecule has 2 rings (SSSR count). The molecule has 0 saturated heterocycles. The first kappa shape index (κ1) is 10.7. The molecule has 17 heavy (non-hydrogen) atoms. The van der Waals surface area contributed by atoms with Crippen LogP contribution in [0, 0.1) is 22.7 Å². The summed E-state index contributed by atoms with van der Waals surface area (Å²) in [6, 6.07) is 10.7. The van der Waals surface area contributed by atoms with E-state index in [2.05, 4.69) is 5.16 Å². The lowest BCUT2D eigenvalue weighted by molar-refractivity contribution is 0.408. The third-order valence-corrected chi connectivity index (χ3v) is 2.28. The minimum Gasteiger partial charge on any atom is -0.497 e. The number of hydrogen-bond donors (Lipinski definition) is 0. The number of hydrogen-bond acceptors (Lipinski definition) is 5. The fourth-order valence-corrected chi connectivity index (χ4v) is 1.47. The van der Waals surface area contributed by atoms with Crippen LogP contribution in [0.5, 0.6) is 5.75 Å². The first-order chi connectivity index (χ1) is 8.30. The summed E-state index contributed by atoms with van der Waals surface area (Å²) in [5, 5.41) is 21.3. The van der Waals surface area contributed by atoms with E-state index < -0.39 is 0 Å². The average Bonchev–Trinajstić information content (AvgIpc) is 2.81. The van der Waals surface area contributed by atoms with Crippen molar-refractivity contribution in [3.63, 3.8) is 0 Å². The van der Waals surface area contributed by atoms with E-state index in [0.717, 1.165) is 0 Å². The van der Waals surface area contributed by atoms with Crippen LogP contribution in [-0.4, -0.2) is 12.3 Å². The highest BCUT2D eigenvalue weighted by Gasteiger charge is 2.17. The number of aromatic nitrogens is 1. The lowest BCUT2D eigenvalue weighted by atomic mass is 10.0. The molecule has 0 fully saturated rings. The van der Waals surface area contributed by atoms with Crippen LogP contribution in [0.2, 0.25) is 0 Å². The summed E-state index contributed by atoms with van der Waals surface area (Å²) in [7, 11) is 1.57. The van der Waals surface area contributed by atoms with Gasteiger partial charge >= 0.3 is 0 Å². The fraction of sp³-hybridized carbons (Fsp3) is 0.0833. The second kappa shape index (κ2) is 4.38. The smallest absolute Gasteiger partial charge is 0.245 e.